The summed E-state index contributed by atoms with van der Waals surface area (Å²) >= 11 is 0. The van der Waals surface area contributed by atoms with Crippen molar-refractivity contribution in [2.24, 2.45) is 0 Å². The molecule has 4 aromatic rings. The summed E-state index contributed by atoms with van der Waals surface area (Å²) in [6.45, 7) is 2.25. The number of H-pyrrole nitrogens is 1. The van der Waals surface area contributed by atoms with Crippen LogP contribution in [0.3, 0.4) is 0 Å². The van der Waals surface area contributed by atoms with E-state index in [2.05, 4.69) is 9.97 Å². The number of rotatable bonds is 4. The van der Waals surface area contributed by atoms with Gasteiger partial charge in [0.15, 0.2) is 0 Å². The average molecular weight is 333 g/mol. The van der Waals surface area contributed by atoms with Crippen molar-refractivity contribution in [3.05, 3.63) is 88.9 Å². The molecule has 0 saturated heterocycles. The molecule has 6 heteroatoms. The van der Waals surface area contributed by atoms with Crippen molar-refractivity contribution < 1.29 is 9.72 Å². The maximum absolute atomic E-state index is 12.8. The van der Waals surface area contributed by atoms with Crippen LogP contribution in [0.4, 0.5) is 0 Å². The van der Waals surface area contributed by atoms with Gasteiger partial charge in [0, 0.05) is 18.3 Å². The van der Waals surface area contributed by atoms with Gasteiger partial charge in [0.05, 0.1) is 11.4 Å². The fourth-order valence-corrected chi connectivity index (χ4v) is 2.67. The molecule has 0 radical (unpaired) electrons. The molecule has 0 spiro atoms. The van der Waals surface area contributed by atoms with Gasteiger partial charge in [0.1, 0.15) is 24.2 Å². The number of nitrogens with zero attached hydrogens (tertiary/aromatic N) is 3. The smallest absolute Gasteiger partial charge is 0.426 e. The molecule has 0 amide bonds. The van der Waals surface area contributed by atoms with Crippen LogP contribution >= 0.6 is 0 Å². The van der Waals surface area contributed by atoms with Crippen molar-refractivity contribution in [2.75, 3.05) is 0 Å². The van der Waals surface area contributed by atoms with Crippen LogP contribution < -0.4 is 15.4 Å². The van der Waals surface area contributed by atoms with Crippen LogP contribution in [0, 0.1) is 6.92 Å². The molecule has 0 saturated carbocycles. The second-order valence-corrected chi connectivity index (χ2v) is 5.75. The van der Waals surface area contributed by atoms with Gasteiger partial charge >= 0.3 is 5.69 Å². The number of para-hydroxylation sites is 1. The van der Waals surface area contributed by atoms with E-state index in [-0.39, 0.29) is 5.69 Å². The Hall–Kier alpha value is -3.41. The van der Waals surface area contributed by atoms with Gasteiger partial charge in [-0.05, 0) is 25.1 Å². The molecule has 0 aliphatic carbocycles. The zero-order valence-corrected chi connectivity index (χ0v) is 13.7. The summed E-state index contributed by atoms with van der Waals surface area (Å²) in [6.07, 6.45) is 3.44. The highest BCUT2D eigenvalue weighted by Crippen LogP contribution is 2.11. The summed E-state index contributed by atoms with van der Waals surface area (Å²) < 4.78 is 8.79. The van der Waals surface area contributed by atoms with Gasteiger partial charge in [-0.2, -0.15) is 0 Å². The van der Waals surface area contributed by atoms with Gasteiger partial charge in [0.25, 0.3) is 5.82 Å². The van der Waals surface area contributed by atoms with Gasteiger partial charge in [-0.25, -0.2) is 19.2 Å². The lowest BCUT2D eigenvalue weighted by molar-refractivity contribution is -0.383. The van der Waals surface area contributed by atoms with E-state index in [0.29, 0.717) is 23.8 Å². The van der Waals surface area contributed by atoms with Crippen LogP contribution in [0.25, 0.3) is 11.5 Å². The van der Waals surface area contributed by atoms with Crippen molar-refractivity contribution in [3.8, 4) is 11.6 Å². The van der Waals surface area contributed by atoms with E-state index in [1.54, 1.807) is 17.0 Å². The van der Waals surface area contributed by atoms with E-state index in [0.717, 1.165) is 11.4 Å². The quantitative estimate of drug-likeness (QED) is 0.575. The fraction of sp³-hybridized carbons (Fsp3) is 0.105. The number of imidazole rings is 1. The summed E-state index contributed by atoms with van der Waals surface area (Å²) in [5.74, 6) is 1.48. The average Bonchev–Trinajstić information content (AvgIpc) is 3.05. The first-order valence-electron chi connectivity index (χ1n) is 7.97. The Morgan fingerprint density at radius 1 is 1.08 bits per heavy atom. The topological polar surface area (TPSA) is 62.7 Å². The SMILES string of the molecule is Cc1cccc(-n2ccc3nc(COc4ccccc4)cn3c2=O)[nH+]1. The monoisotopic (exact) mass is 333 g/mol. The minimum atomic E-state index is -0.183. The predicted octanol–water partition coefficient (Wildman–Crippen LogP) is 2.19. The zero-order valence-electron chi connectivity index (χ0n) is 13.7. The van der Waals surface area contributed by atoms with Crippen molar-refractivity contribution in [1.82, 2.24) is 14.0 Å². The molecular weight excluding hydrogens is 316 g/mol. The first-order chi connectivity index (χ1) is 12.2. The van der Waals surface area contributed by atoms with Crippen LogP contribution in [0.2, 0.25) is 0 Å². The summed E-state index contributed by atoms with van der Waals surface area (Å²) in [5.41, 5.74) is 2.09. The Kier molecular flexibility index (Phi) is 3.78. The second-order valence-electron chi connectivity index (χ2n) is 5.75. The Bertz CT molecular complexity index is 1080. The van der Waals surface area contributed by atoms with E-state index in [9.17, 15) is 4.79 Å². The van der Waals surface area contributed by atoms with Gasteiger partial charge in [0.2, 0.25) is 0 Å². The number of aromatic nitrogens is 4. The van der Waals surface area contributed by atoms with Gasteiger partial charge < -0.3 is 4.74 Å². The van der Waals surface area contributed by atoms with Crippen LogP contribution in [-0.4, -0.2) is 14.0 Å². The van der Waals surface area contributed by atoms with E-state index >= 15 is 0 Å². The maximum Gasteiger partial charge on any atom is 0.426 e. The Labute approximate surface area is 144 Å². The molecule has 3 heterocycles. The van der Waals surface area contributed by atoms with E-state index in [4.69, 9.17) is 4.74 Å². The number of benzene rings is 1. The highest BCUT2D eigenvalue weighted by Gasteiger charge is 2.14. The highest BCUT2D eigenvalue weighted by molar-refractivity contribution is 5.39. The Morgan fingerprint density at radius 2 is 1.92 bits per heavy atom. The first kappa shape index (κ1) is 15.1. The molecule has 0 aliphatic heterocycles. The lowest BCUT2D eigenvalue weighted by Gasteiger charge is -2.02. The van der Waals surface area contributed by atoms with Gasteiger partial charge in [-0.1, -0.05) is 24.3 Å². The summed E-state index contributed by atoms with van der Waals surface area (Å²) in [4.78, 5) is 20.4. The molecule has 6 nitrogen and oxygen atoms in total. The Balaban J connectivity index is 1.67. The largest absolute Gasteiger partial charge is 0.487 e. The number of fused-ring (bicyclic) bond motifs is 1. The lowest BCUT2D eigenvalue weighted by Crippen LogP contribution is -2.29. The maximum atomic E-state index is 12.8. The molecule has 0 unspecified atom stereocenters. The highest BCUT2D eigenvalue weighted by atomic mass is 16.5. The molecule has 0 aliphatic rings. The number of hydrogen-bond acceptors (Lipinski definition) is 3. The van der Waals surface area contributed by atoms with Gasteiger partial charge in [-0.15, -0.1) is 4.57 Å². The van der Waals surface area contributed by atoms with Crippen LogP contribution in [0.5, 0.6) is 5.75 Å². The molecule has 4 rings (SSSR count). The first-order valence-corrected chi connectivity index (χ1v) is 7.97. The second kappa shape index (κ2) is 6.24. The minimum absolute atomic E-state index is 0.183. The molecule has 124 valence electrons. The molecule has 0 fully saturated rings. The van der Waals surface area contributed by atoms with E-state index in [1.165, 1.54) is 4.40 Å². The molecule has 1 N–H and O–H groups in total. The van der Waals surface area contributed by atoms with Gasteiger partial charge in [-0.3, -0.25) is 0 Å². The summed E-state index contributed by atoms with van der Waals surface area (Å²) in [5, 5.41) is 0. The third kappa shape index (κ3) is 3.01. The molecule has 0 atom stereocenters. The van der Waals surface area contributed by atoms with Crippen molar-refractivity contribution in [1.29, 1.82) is 0 Å². The lowest BCUT2D eigenvalue weighted by atomic mass is 10.3. The molecule has 1 aromatic carbocycles. The summed E-state index contributed by atoms with van der Waals surface area (Å²) in [6, 6.07) is 17.1. The fourth-order valence-electron chi connectivity index (χ4n) is 2.67. The van der Waals surface area contributed by atoms with E-state index in [1.807, 2.05) is 61.5 Å². The number of ether oxygens (including phenoxy) is 1. The standard InChI is InChI=1S/C19H16N4O2/c1-14-6-5-9-17(20-14)22-11-10-18-21-15(12-23(18)19(22)24)13-25-16-7-3-2-4-8-16/h2-12H,13H2,1H3/p+1. The number of pyridine rings is 1. The molecule has 3 aromatic heterocycles. The van der Waals surface area contributed by atoms with Crippen LogP contribution in [0.15, 0.2) is 71.8 Å². The normalized spacial score (nSPS) is 10.9. The molecule has 25 heavy (non-hydrogen) atoms. The third-order valence-corrected chi connectivity index (χ3v) is 3.88. The van der Waals surface area contributed by atoms with E-state index < -0.39 is 0 Å². The van der Waals surface area contributed by atoms with Crippen molar-refractivity contribution >= 4 is 5.65 Å². The molecule has 0 bridgehead atoms. The zero-order chi connectivity index (χ0) is 17.2. The minimum Gasteiger partial charge on any atom is -0.487 e. The number of hydrogen-bond donors (Lipinski definition) is 0. The number of nitrogens with one attached hydrogen (secondary N) is 1. The van der Waals surface area contributed by atoms with Crippen LogP contribution in [-0.2, 0) is 6.61 Å². The summed E-state index contributed by atoms with van der Waals surface area (Å²) in [7, 11) is 0. The number of aryl methyl sites for hydroxylation is 1. The van der Waals surface area contributed by atoms with Crippen LogP contribution in [0.1, 0.15) is 11.4 Å². The predicted molar refractivity (Wildman–Crippen MR) is 92.9 cm³/mol. The molecular formula is C19H17N4O2+. The third-order valence-electron chi connectivity index (χ3n) is 3.88. The van der Waals surface area contributed by atoms with Crippen molar-refractivity contribution in [2.45, 2.75) is 13.5 Å². The van der Waals surface area contributed by atoms with Crippen molar-refractivity contribution in [3.63, 3.8) is 0 Å². The number of aromatic amines is 1. The Morgan fingerprint density at radius 3 is 2.72 bits per heavy atom.